The predicted molar refractivity (Wildman–Crippen MR) is 46.0 cm³/mol. The van der Waals surface area contributed by atoms with Crippen molar-refractivity contribution in [2.24, 2.45) is 0 Å². The van der Waals surface area contributed by atoms with E-state index in [-0.39, 0.29) is 13.2 Å². The van der Waals surface area contributed by atoms with Crippen molar-refractivity contribution in [1.29, 1.82) is 0 Å². The number of hydrogen-bond acceptors (Lipinski definition) is 4. The van der Waals surface area contributed by atoms with Gasteiger partial charge < -0.3 is 0 Å². The van der Waals surface area contributed by atoms with Gasteiger partial charge in [0.2, 0.25) is 0 Å². The predicted octanol–water partition coefficient (Wildman–Crippen LogP) is 0.970. The van der Waals surface area contributed by atoms with Gasteiger partial charge >= 0.3 is 83.5 Å². The van der Waals surface area contributed by atoms with Crippen LogP contribution in [0.15, 0.2) is 24.3 Å². The van der Waals surface area contributed by atoms with E-state index >= 15 is 0 Å². The Kier molecular flexibility index (Phi) is 5.71. The first-order valence-electron chi connectivity index (χ1n) is 3.85. The molecule has 0 rings (SSSR count). The molecule has 0 bridgehead atoms. The molecule has 0 aromatic rings. The molecule has 76 valence electrons. The van der Waals surface area contributed by atoms with Crippen LogP contribution in [0.3, 0.4) is 0 Å². The summed E-state index contributed by atoms with van der Waals surface area (Å²) in [5.74, 6) is 0. The average Bonchev–Trinajstić information content (AvgIpc) is 1.98. The van der Waals surface area contributed by atoms with Crippen LogP contribution in [0.2, 0.25) is 0 Å². The Hall–Kier alpha value is 0.0343. The summed E-state index contributed by atoms with van der Waals surface area (Å²) < 4.78 is 28.0. The van der Waals surface area contributed by atoms with E-state index in [4.69, 9.17) is 6.64 Å². The van der Waals surface area contributed by atoms with Gasteiger partial charge in [0, 0.05) is 0 Å². The van der Waals surface area contributed by atoms with Crippen molar-refractivity contribution in [2.45, 2.75) is 13.8 Å². The zero-order chi connectivity index (χ0) is 10.5. The molecule has 4 nitrogen and oxygen atoms in total. The van der Waals surface area contributed by atoms with Crippen molar-refractivity contribution in [1.82, 2.24) is 0 Å². The Balaban J connectivity index is 3.79. The van der Waals surface area contributed by atoms with Gasteiger partial charge in [0.05, 0.1) is 0 Å². The normalized spacial score (nSPS) is 11.4. The summed E-state index contributed by atoms with van der Waals surface area (Å²) in [5.41, 5.74) is 1.44. The molecule has 2 N–H and O–H groups in total. The summed E-state index contributed by atoms with van der Waals surface area (Å²) in [7, 11) is 0. The number of hydrogen-bond donors (Lipinski definition) is 2. The second-order valence-electron chi connectivity index (χ2n) is 3.04. The maximum absolute atomic E-state index is 9.23. The standard InChI is InChI=1S/2C4H7O.2H2O.Ti/c2*1-4(2)3-5;;;/h2*1,3H2,2H3;2*1H2;/q2*-1;;;+4/p-2. The summed E-state index contributed by atoms with van der Waals surface area (Å²) in [6, 6.07) is 0. The molecule has 0 atom stereocenters. The van der Waals surface area contributed by atoms with E-state index in [0.29, 0.717) is 0 Å². The molecule has 0 radical (unpaired) electrons. The van der Waals surface area contributed by atoms with E-state index in [1.807, 2.05) is 0 Å². The van der Waals surface area contributed by atoms with Crippen molar-refractivity contribution in [3.05, 3.63) is 24.3 Å². The van der Waals surface area contributed by atoms with Gasteiger partial charge in [-0.05, 0) is 0 Å². The summed E-state index contributed by atoms with van der Waals surface area (Å²) in [6.07, 6.45) is 0. The summed E-state index contributed by atoms with van der Waals surface area (Å²) in [6.45, 7) is 10.8. The molecule has 0 saturated heterocycles. The molecule has 0 spiro atoms. The zero-order valence-electron chi connectivity index (χ0n) is 8.04. The first kappa shape index (κ1) is 13.0. The third-order valence-electron chi connectivity index (χ3n) is 1.01. The van der Waals surface area contributed by atoms with Crippen LogP contribution in [0.1, 0.15) is 13.8 Å². The molecule has 0 saturated carbocycles. The molecule has 0 aliphatic heterocycles. The van der Waals surface area contributed by atoms with Gasteiger partial charge in [-0.3, -0.25) is 0 Å². The van der Waals surface area contributed by atoms with Crippen molar-refractivity contribution >= 4 is 0 Å². The Morgan fingerprint density at radius 3 is 1.62 bits per heavy atom. The van der Waals surface area contributed by atoms with Crippen LogP contribution in [0, 0.1) is 0 Å². The van der Waals surface area contributed by atoms with E-state index in [1.165, 1.54) is 0 Å². The van der Waals surface area contributed by atoms with Crippen molar-refractivity contribution in [3.63, 3.8) is 0 Å². The Bertz CT molecular complexity index is 180. The van der Waals surface area contributed by atoms with Crippen LogP contribution in [-0.2, 0) is 24.8 Å². The molecule has 0 aromatic heterocycles. The van der Waals surface area contributed by atoms with Gasteiger partial charge in [-0.15, -0.1) is 0 Å². The second-order valence-corrected chi connectivity index (χ2v) is 5.65. The molecular formula is C8H16O4Ti. The molecule has 13 heavy (non-hydrogen) atoms. The topological polar surface area (TPSA) is 58.9 Å². The van der Waals surface area contributed by atoms with Crippen LogP contribution < -0.4 is 0 Å². The second kappa shape index (κ2) is 5.70. The first-order chi connectivity index (χ1) is 5.83. The molecule has 0 heterocycles. The summed E-state index contributed by atoms with van der Waals surface area (Å²) in [4.78, 5) is 0. The molecule has 0 aliphatic carbocycles. The van der Waals surface area contributed by atoms with Gasteiger partial charge in [0.25, 0.3) is 0 Å². The molecule has 0 fully saturated rings. The zero-order valence-corrected chi connectivity index (χ0v) is 9.60. The van der Waals surface area contributed by atoms with Crippen molar-refractivity contribution in [3.8, 4) is 0 Å². The van der Waals surface area contributed by atoms with Crippen molar-refractivity contribution in [2.75, 3.05) is 13.2 Å². The van der Waals surface area contributed by atoms with Crippen LogP contribution in [0.4, 0.5) is 0 Å². The van der Waals surface area contributed by atoms with E-state index in [1.54, 1.807) is 13.8 Å². The van der Waals surface area contributed by atoms with Crippen LogP contribution in [-0.4, -0.2) is 20.6 Å². The molecule has 0 unspecified atom stereocenters. The molecule has 0 aromatic carbocycles. The summed E-state index contributed by atoms with van der Waals surface area (Å²) in [5, 5.41) is 0. The Morgan fingerprint density at radius 1 is 1.08 bits per heavy atom. The third-order valence-corrected chi connectivity index (χ3v) is 2.64. The fraction of sp³-hybridized carbons (Fsp3) is 0.500. The average molecular weight is 224 g/mol. The van der Waals surface area contributed by atoms with Crippen LogP contribution >= 0.6 is 0 Å². The van der Waals surface area contributed by atoms with Crippen LogP contribution in [0.5, 0.6) is 0 Å². The molecule has 5 heteroatoms. The van der Waals surface area contributed by atoms with E-state index < -0.39 is 18.1 Å². The van der Waals surface area contributed by atoms with E-state index in [9.17, 15) is 7.38 Å². The van der Waals surface area contributed by atoms with Crippen molar-refractivity contribution < 1.29 is 32.2 Å². The number of rotatable bonds is 6. The minimum absolute atomic E-state index is 0.114. The maximum atomic E-state index is 9.23. The first-order valence-corrected chi connectivity index (χ1v) is 6.52. The van der Waals surface area contributed by atoms with Gasteiger partial charge in [-0.25, -0.2) is 0 Å². The van der Waals surface area contributed by atoms with Gasteiger partial charge in [0.15, 0.2) is 0 Å². The third kappa shape index (κ3) is 8.37. The quantitative estimate of drug-likeness (QED) is 0.521. The summed E-state index contributed by atoms with van der Waals surface area (Å²) >= 11 is -4.44. The molecular weight excluding hydrogens is 208 g/mol. The Labute approximate surface area is 83.7 Å². The monoisotopic (exact) mass is 224 g/mol. The van der Waals surface area contributed by atoms with Gasteiger partial charge in [0.1, 0.15) is 0 Å². The molecule has 0 aliphatic rings. The van der Waals surface area contributed by atoms with Crippen LogP contribution in [0.25, 0.3) is 0 Å². The minimum atomic E-state index is -4.44. The molecule has 0 amide bonds. The van der Waals surface area contributed by atoms with E-state index in [0.717, 1.165) is 11.1 Å². The fourth-order valence-electron chi connectivity index (χ4n) is 0.476. The van der Waals surface area contributed by atoms with Gasteiger partial charge in [-0.1, -0.05) is 0 Å². The Morgan fingerprint density at radius 2 is 1.38 bits per heavy atom. The SMILES string of the molecule is C=C(C)C[O][Ti]([OH])([OH])[O]CC(=C)C. The fourth-order valence-corrected chi connectivity index (χ4v) is 1.96. The van der Waals surface area contributed by atoms with Gasteiger partial charge in [-0.2, -0.15) is 0 Å². The van der Waals surface area contributed by atoms with E-state index in [2.05, 4.69) is 13.2 Å².